The van der Waals surface area contributed by atoms with E-state index in [1.165, 1.54) is 5.57 Å². The summed E-state index contributed by atoms with van der Waals surface area (Å²) in [5.41, 5.74) is 1.20. The van der Waals surface area contributed by atoms with Crippen LogP contribution in [0, 0.1) is 17.8 Å². The van der Waals surface area contributed by atoms with Crippen molar-refractivity contribution in [3.63, 3.8) is 0 Å². The van der Waals surface area contributed by atoms with Crippen molar-refractivity contribution in [3.8, 4) is 0 Å². The Labute approximate surface area is 191 Å². The van der Waals surface area contributed by atoms with Crippen LogP contribution in [0.2, 0.25) is 25.7 Å². The third kappa shape index (κ3) is 9.10. The van der Waals surface area contributed by atoms with Crippen molar-refractivity contribution in [2.45, 2.75) is 91.3 Å². The van der Waals surface area contributed by atoms with E-state index in [-0.39, 0.29) is 30.1 Å². The molecule has 0 aromatic rings. The average molecular weight is 455 g/mol. The quantitative estimate of drug-likeness (QED) is 0.125. The third-order valence-corrected chi connectivity index (χ3v) is 7.82. The topological polar surface area (TPSA) is 49.5 Å². The Morgan fingerprint density at radius 1 is 1.19 bits per heavy atom. The number of allylic oxidation sites excluding steroid dienone is 3. The highest BCUT2D eigenvalue weighted by molar-refractivity contribution is 6.76. The van der Waals surface area contributed by atoms with Crippen molar-refractivity contribution < 1.29 is 23.7 Å². The van der Waals surface area contributed by atoms with Gasteiger partial charge in [-0.2, -0.15) is 0 Å². The fourth-order valence-electron chi connectivity index (χ4n) is 4.19. The summed E-state index contributed by atoms with van der Waals surface area (Å²) in [6, 6.07) is 1.14. The predicted octanol–water partition coefficient (Wildman–Crippen LogP) is 5.65. The molecule has 0 N–H and O–H groups in total. The number of epoxide rings is 1. The van der Waals surface area contributed by atoms with Crippen molar-refractivity contribution in [3.05, 3.63) is 23.8 Å². The van der Waals surface area contributed by atoms with E-state index in [9.17, 15) is 0 Å². The first-order valence-corrected chi connectivity index (χ1v) is 15.6. The average Bonchev–Trinajstić information content (AvgIpc) is 3.48. The SMILES string of the molecule is C/C=C\[C@H](C)/C=C(\C)[C@@H](OCOCC[Si](C)(C)C)[C@H]1COC(C)(C)O[C@H]1[C@H](C)[C@@H]1CO1. The standard InChI is InChI=1S/C25H46O5Si/c1-10-11-18(2)14-19(3)23(28-17-26-12-13-31(7,8)9)21-15-29-25(5,6)30-24(21)20(4)22-16-27-22/h10-11,14,18,20-24H,12-13,15-17H2,1-9H3/b11-10-,19-14+/t18-,20+,21+,22-,23+,24-/m0/s1. The van der Waals surface area contributed by atoms with Gasteiger partial charge < -0.3 is 23.7 Å². The Kier molecular flexibility index (Phi) is 9.98. The Morgan fingerprint density at radius 3 is 2.45 bits per heavy atom. The first-order chi connectivity index (χ1) is 14.4. The van der Waals surface area contributed by atoms with Gasteiger partial charge in [-0.05, 0) is 45.2 Å². The molecule has 0 amide bonds. The lowest BCUT2D eigenvalue weighted by molar-refractivity contribution is -0.314. The van der Waals surface area contributed by atoms with Gasteiger partial charge in [0.1, 0.15) is 6.79 Å². The molecule has 2 aliphatic rings. The van der Waals surface area contributed by atoms with Gasteiger partial charge in [-0.25, -0.2) is 0 Å². The largest absolute Gasteiger partial charge is 0.373 e. The van der Waals surface area contributed by atoms with Crippen LogP contribution in [0.15, 0.2) is 23.8 Å². The van der Waals surface area contributed by atoms with Crippen LogP contribution in [-0.2, 0) is 23.7 Å². The summed E-state index contributed by atoms with van der Waals surface area (Å²) < 4.78 is 30.4. The minimum atomic E-state index is -1.12. The van der Waals surface area contributed by atoms with E-state index in [0.29, 0.717) is 19.3 Å². The summed E-state index contributed by atoms with van der Waals surface area (Å²) in [6.07, 6.45) is 6.71. The molecule has 0 aromatic carbocycles. The molecule has 5 nitrogen and oxygen atoms in total. The van der Waals surface area contributed by atoms with Gasteiger partial charge >= 0.3 is 0 Å². The smallest absolute Gasteiger partial charge is 0.163 e. The summed E-state index contributed by atoms with van der Waals surface area (Å²) in [5.74, 6) is 0.113. The normalized spacial score (nSPS) is 29.7. The number of rotatable bonds is 12. The van der Waals surface area contributed by atoms with Crippen molar-refractivity contribution >= 4 is 8.07 Å². The molecule has 0 aromatic heterocycles. The van der Waals surface area contributed by atoms with Crippen LogP contribution in [0.4, 0.5) is 0 Å². The fourth-order valence-corrected chi connectivity index (χ4v) is 4.95. The molecular weight excluding hydrogens is 408 g/mol. The zero-order valence-electron chi connectivity index (χ0n) is 21.3. The zero-order valence-corrected chi connectivity index (χ0v) is 22.3. The second-order valence-electron chi connectivity index (χ2n) is 10.9. The summed E-state index contributed by atoms with van der Waals surface area (Å²) in [5, 5.41) is 0. The molecule has 31 heavy (non-hydrogen) atoms. The van der Waals surface area contributed by atoms with E-state index in [1.807, 2.05) is 13.8 Å². The Morgan fingerprint density at radius 2 is 1.87 bits per heavy atom. The number of ether oxygens (including phenoxy) is 5. The molecule has 0 aliphatic carbocycles. The van der Waals surface area contributed by atoms with E-state index in [1.54, 1.807) is 0 Å². The van der Waals surface area contributed by atoms with Crippen molar-refractivity contribution in [2.75, 3.05) is 26.6 Å². The lowest BCUT2D eigenvalue weighted by Crippen LogP contribution is -2.53. The van der Waals surface area contributed by atoms with Gasteiger partial charge in [0.15, 0.2) is 5.79 Å². The molecule has 2 fully saturated rings. The molecule has 0 bridgehead atoms. The van der Waals surface area contributed by atoms with Crippen LogP contribution in [-0.4, -0.2) is 58.8 Å². The van der Waals surface area contributed by atoms with Gasteiger partial charge in [0, 0.05) is 26.5 Å². The molecule has 2 rings (SSSR count). The molecule has 0 spiro atoms. The highest BCUT2D eigenvalue weighted by atomic mass is 28.3. The molecule has 6 atom stereocenters. The Bertz CT molecular complexity index is 606. The predicted molar refractivity (Wildman–Crippen MR) is 129 cm³/mol. The van der Waals surface area contributed by atoms with Gasteiger partial charge in [-0.15, -0.1) is 0 Å². The summed E-state index contributed by atoms with van der Waals surface area (Å²) in [6.45, 7) is 22.1. The maximum absolute atomic E-state index is 6.45. The monoisotopic (exact) mass is 454 g/mol. The van der Waals surface area contributed by atoms with Crippen LogP contribution in [0.5, 0.6) is 0 Å². The Hall–Kier alpha value is -0.503. The van der Waals surface area contributed by atoms with Gasteiger partial charge in [-0.3, -0.25) is 0 Å². The van der Waals surface area contributed by atoms with E-state index in [4.69, 9.17) is 23.7 Å². The maximum atomic E-state index is 6.45. The second kappa shape index (κ2) is 11.6. The zero-order chi connectivity index (χ0) is 23.2. The first-order valence-electron chi connectivity index (χ1n) is 11.9. The molecular formula is C25H46O5Si. The lowest BCUT2D eigenvalue weighted by Gasteiger charge is -2.46. The minimum Gasteiger partial charge on any atom is -0.373 e. The molecule has 6 heteroatoms. The van der Waals surface area contributed by atoms with Crippen LogP contribution in [0.1, 0.15) is 41.5 Å². The van der Waals surface area contributed by atoms with Gasteiger partial charge in [0.25, 0.3) is 0 Å². The van der Waals surface area contributed by atoms with E-state index in [2.05, 4.69) is 65.6 Å². The van der Waals surface area contributed by atoms with Crippen LogP contribution < -0.4 is 0 Å². The molecule has 0 saturated carbocycles. The van der Waals surface area contributed by atoms with E-state index < -0.39 is 13.9 Å². The highest BCUT2D eigenvalue weighted by Gasteiger charge is 2.48. The maximum Gasteiger partial charge on any atom is 0.163 e. The summed E-state index contributed by atoms with van der Waals surface area (Å²) in [4.78, 5) is 0. The van der Waals surface area contributed by atoms with Crippen molar-refractivity contribution in [1.82, 2.24) is 0 Å². The van der Waals surface area contributed by atoms with Crippen LogP contribution in [0.3, 0.4) is 0 Å². The molecule has 180 valence electrons. The molecule has 2 heterocycles. The van der Waals surface area contributed by atoms with Crippen LogP contribution >= 0.6 is 0 Å². The molecule has 0 radical (unpaired) electrons. The number of hydrogen-bond donors (Lipinski definition) is 0. The van der Waals surface area contributed by atoms with Crippen molar-refractivity contribution in [2.24, 2.45) is 17.8 Å². The first kappa shape index (κ1) is 26.7. The lowest BCUT2D eigenvalue weighted by atomic mass is 9.82. The summed E-state index contributed by atoms with van der Waals surface area (Å²) in [7, 11) is -1.12. The molecule has 2 aliphatic heterocycles. The van der Waals surface area contributed by atoms with Crippen molar-refractivity contribution in [1.29, 1.82) is 0 Å². The van der Waals surface area contributed by atoms with Gasteiger partial charge in [0.05, 0.1) is 31.5 Å². The highest BCUT2D eigenvalue weighted by Crippen LogP contribution is 2.39. The van der Waals surface area contributed by atoms with Gasteiger partial charge in [-0.1, -0.05) is 51.7 Å². The second-order valence-corrected chi connectivity index (χ2v) is 16.5. The Balaban J connectivity index is 2.15. The molecule has 2 saturated heterocycles. The summed E-state index contributed by atoms with van der Waals surface area (Å²) >= 11 is 0. The van der Waals surface area contributed by atoms with E-state index in [0.717, 1.165) is 19.3 Å². The molecule has 0 unspecified atom stereocenters. The minimum absolute atomic E-state index is 0.00334. The fraction of sp³-hybridized carbons (Fsp3) is 0.840. The third-order valence-electron chi connectivity index (χ3n) is 6.12. The van der Waals surface area contributed by atoms with Crippen LogP contribution in [0.25, 0.3) is 0 Å². The van der Waals surface area contributed by atoms with Gasteiger partial charge in [0.2, 0.25) is 0 Å². The number of hydrogen-bond acceptors (Lipinski definition) is 5. The van der Waals surface area contributed by atoms with E-state index >= 15 is 0 Å².